The standard InChI is InChI=1S/C4H6Cl2NO/c1-7(2)4(8)3(5)6/h1-2H3/q+1. The van der Waals surface area contributed by atoms with Crippen LogP contribution in [0.3, 0.4) is 0 Å². The first-order valence-corrected chi connectivity index (χ1v) is 2.71. The van der Waals surface area contributed by atoms with Crippen LogP contribution in [-0.4, -0.2) is 24.9 Å². The van der Waals surface area contributed by atoms with Crippen molar-refractivity contribution in [2.45, 2.75) is 0 Å². The molecule has 0 aliphatic carbocycles. The summed E-state index contributed by atoms with van der Waals surface area (Å²) in [7, 11) is 3.15. The second-order valence-corrected chi connectivity index (χ2v) is 2.41. The van der Waals surface area contributed by atoms with Gasteiger partial charge in [0, 0.05) is 14.1 Å². The predicted octanol–water partition coefficient (Wildman–Crippen LogP) is 1.04. The highest BCUT2D eigenvalue weighted by atomic mass is 35.5. The Bertz CT molecular complexity index is 82.0. The van der Waals surface area contributed by atoms with Crippen LogP contribution < -0.4 is 0 Å². The summed E-state index contributed by atoms with van der Waals surface area (Å²) >= 11 is 10.2. The van der Waals surface area contributed by atoms with Gasteiger partial charge in [-0.3, -0.25) is 0 Å². The van der Waals surface area contributed by atoms with Gasteiger partial charge in [0.05, 0.1) is 0 Å². The quantitative estimate of drug-likeness (QED) is 0.518. The molecule has 1 amide bonds. The molecule has 0 heterocycles. The van der Waals surface area contributed by atoms with E-state index in [0.29, 0.717) is 0 Å². The van der Waals surface area contributed by atoms with Crippen LogP contribution in [0, 0.1) is 4.84 Å². The Balaban J connectivity index is 3.65. The zero-order chi connectivity index (χ0) is 6.73. The molecule has 0 fully saturated rings. The largest absolute Gasteiger partial charge is 0.448 e. The lowest BCUT2D eigenvalue weighted by atomic mass is 10.6. The minimum Gasteiger partial charge on any atom is -0.306 e. The average molecular weight is 155 g/mol. The molecule has 0 atom stereocenters. The Labute approximate surface area is 58.4 Å². The molecular formula is C4H6Cl2NO+. The van der Waals surface area contributed by atoms with Crippen molar-refractivity contribution in [3.05, 3.63) is 4.84 Å². The molecule has 0 rings (SSSR count). The van der Waals surface area contributed by atoms with E-state index in [1.54, 1.807) is 14.1 Å². The van der Waals surface area contributed by atoms with Crippen molar-refractivity contribution >= 4 is 29.1 Å². The SMILES string of the molecule is CN(C)C(=O)[C+](Cl)Cl. The fourth-order valence-corrected chi connectivity index (χ4v) is 0.507. The number of nitrogens with zero attached hydrogens (tertiary/aromatic N) is 1. The highest BCUT2D eigenvalue weighted by Crippen LogP contribution is 2.13. The Morgan fingerprint density at radius 1 is 1.50 bits per heavy atom. The molecule has 0 spiro atoms. The van der Waals surface area contributed by atoms with Crippen molar-refractivity contribution in [3.8, 4) is 0 Å². The first-order chi connectivity index (χ1) is 3.55. The highest BCUT2D eigenvalue weighted by molar-refractivity contribution is 6.62. The third-order valence-electron chi connectivity index (χ3n) is 0.568. The van der Waals surface area contributed by atoms with Crippen molar-refractivity contribution < 1.29 is 4.79 Å². The van der Waals surface area contributed by atoms with Crippen molar-refractivity contribution in [3.63, 3.8) is 0 Å². The topological polar surface area (TPSA) is 20.3 Å². The summed E-state index contributed by atoms with van der Waals surface area (Å²) in [6.45, 7) is 0. The molecule has 0 aromatic rings. The molecule has 0 aromatic carbocycles. The maximum atomic E-state index is 10.5. The van der Waals surface area contributed by atoms with Crippen LogP contribution in [0.4, 0.5) is 0 Å². The van der Waals surface area contributed by atoms with Gasteiger partial charge in [-0.15, -0.1) is 0 Å². The second-order valence-electron chi connectivity index (χ2n) is 1.46. The van der Waals surface area contributed by atoms with E-state index in [9.17, 15) is 4.79 Å². The lowest BCUT2D eigenvalue weighted by Crippen LogP contribution is -2.22. The molecule has 4 heteroatoms. The van der Waals surface area contributed by atoms with E-state index in [1.165, 1.54) is 4.90 Å². The molecule has 0 N–H and O–H groups in total. The van der Waals surface area contributed by atoms with E-state index in [2.05, 4.69) is 0 Å². The monoisotopic (exact) mass is 154 g/mol. The molecule has 0 aliphatic heterocycles. The maximum absolute atomic E-state index is 10.5. The number of amides is 1. The maximum Gasteiger partial charge on any atom is 0.448 e. The first-order valence-electron chi connectivity index (χ1n) is 1.95. The Hall–Kier alpha value is -0.0800. The molecule has 0 radical (unpaired) electrons. The van der Waals surface area contributed by atoms with Gasteiger partial charge in [0.2, 0.25) is 0 Å². The van der Waals surface area contributed by atoms with Crippen LogP contribution in [-0.2, 0) is 4.79 Å². The predicted molar refractivity (Wildman–Crippen MR) is 33.6 cm³/mol. The molecule has 0 aliphatic rings. The smallest absolute Gasteiger partial charge is 0.306 e. The highest BCUT2D eigenvalue weighted by Gasteiger charge is 2.30. The molecule has 0 unspecified atom stereocenters. The summed E-state index contributed by atoms with van der Waals surface area (Å²) in [4.78, 5) is 11.5. The zero-order valence-corrected chi connectivity index (χ0v) is 6.12. The van der Waals surface area contributed by atoms with Gasteiger partial charge in [-0.05, 0) is 0 Å². The van der Waals surface area contributed by atoms with E-state index in [0.717, 1.165) is 0 Å². The summed E-state index contributed by atoms with van der Waals surface area (Å²) in [6, 6.07) is 0. The molecule has 46 valence electrons. The molecule has 8 heavy (non-hydrogen) atoms. The molecule has 0 saturated heterocycles. The Morgan fingerprint density at radius 3 is 1.88 bits per heavy atom. The number of carbonyl (C=O) groups is 1. The van der Waals surface area contributed by atoms with Crippen molar-refractivity contribution in [2.24, 2.45) is 0 Å². The molecule has 2 nitrogen and oxygen atoms in total. The van der Waals surface area contributed by atoms with Gasteiger partial charge >= 0.3 is 10.7 Å². The van der Waals surface area contributed by atoms with E-state index >= 15 is 0 Å². The molecule has 0 bridgehead atoms. The van der Waals surface area contributed by atoms with E-state index in [1.807, 2.05) is 0 Å². The van der Waals surface area contributed by atoms with Crippen LogP contribution in [0.25, 0.3) is 0 Å². The van der Waals surface area contributed by atoms with E-state index in [-0.39, 0.29) is 10.7 Å². The van der Waals surface area contributed by atoms with Gasteiger partial charge < -0.3 is 4.90 Å². The molecule has 0 aromatic heterocycles. The third kappa shape index (κ3) is 2.28. The summed E-state index contributed by atoms with van der Waals surface area (Å²) in [5, 5.41) is 0. The molecule has 0 saturated carbocycles. The fourth-order valence-electron chi connectivity index (χ4n) is 0.169. The average Bonchev–Trinajstić information content (AvgIpc) is 1.64. The van der Waals surface area contributed by atoms with Gasteiger partial charge in [0.25, 0.3) is 0 Å². The Kier molecular flexibility index (Phi) is 3.02. The van der Waals surface area contributed by atoms with Crippen LogP contribution in [0.5, 0.6) is 0 Å². The zero-order valence-electron chi connectivity index (χ0n) is 4.61. The van der Waals surface area contributed by atoms with Crippen molar-refractivity contribution in [2.75, 3.05) is 14.1 Å². The summed E-state index contributed by atoms with van der Waals surface area (Å²) in [5.74, 6) is -0.367. The first kappa shape index (κ1) is 7.92. The summed E-state index contributed by atoms with van der Waals surface area (Å²) in [6.07, 6.45) is 0. The minimum atomic E-state index is -0.367. The number of hydrogen-bond donors (Lipinski definition) is 0. The number of hydrogen-bond acceptors (Lipinski definition) is 1. The van der Waals surface area contributed by atoms with Crippen LogP contribution >= 0.6 is 23.2 Å². The summed E-state index contributed by atoms with van der Waals surface area (Å²) < 4.78 is 0. The van der Waals surface area contributed by atoms with Crippen LogP contribution in [0.1, 0.15) is 0 Å². The lowest BCUT2D eigenvalue weighted by molar-refractivity contribution is -0.124. The van der Waals surface area contributed by atoms with E-state index < -0.39 is 0 Å². The lowest BCUT2D eigenvalue weighted by Gasteiger charge is -1.98. The second kappa shape index (κ2) is 3.05. The number of carbonyl (C=O) groups excluding carboxylic acids is 1. The normalized spacial score (nSPS) is 8.50. The summed E-state index contributed by atoms with van der Waals surface area (Å²) in [5.41, 5.74) is 0. The van der Waals surface area contributed by atoms with Gasteiger partial charge in [-0.1, -0.05) is 0 Å². The third-order valence-corrected chi connectivity index (χ3v) is 0.891. The Morgan fingerprint density at radius 2 is 1.88 bits per heavy atom. The van der Waals surface area contributed by atoms with Crippen molar-refractivity contribution in [1.29, 1.82) is 0 Å². The van der Waals surface area contributed by atoms with Gasteiger partial charge in [0.1, 0.15) is 0 Å². The van der Waals surface area contributed by atoms with Gasteiger partial charge in [-0.2, -0.15) is 0 Å². The van der Waals surface area contributed by atoms with Gasteiger partial charge in [-0.25, -0.2) is 4.79 Å². The van der Waals surface area contributed by atoms with E-state index in [4.69, 9.17) is 23.2 Å². The van der Waals surface area contributed by atoms with Crippen molar-refractivity contribution in [1.82, 2.24) is 4.90 Å². The van der Waals surface area contributed by atoms with Crippen LogP contribution in [0.15, 0.2) is 0 Å². The van der Waals surface area contributed by atoms with Crippen LogP contribution in [0.2, 0.25) is 0 Å². The number of rotatable bonds is 1. The minimum absolute atomic E-state index is 0.227. The number of halogens is 2. The fraction of sp³-hybridized carbons (Fsp3) is 0.500. The molecular weight excluding hydrogens is 149 g/mol. The van der Waals surface area contributed by atoms with Gasteiger partial charge in [0.15, 0.2) is 23.2 Å².